The Morgan fingerprint density at radius 3 is 2.30 bits per heavy atom. The van der Waals surface area contributed by atoms with Crippen LogP contribution in [-0.2, 0) is 19.6 Å². The molecule has 0 bridgehead atoms. The molecule has 1 amide bonds. The monoisotopic (exact) mass is 548 g/mol. The fraction of sp³-hybridized carbons (Fsp3) is 0.308. The van der Waals surface area contributed by atoms with Crippen molar-refractivity contribution in [3.8, 4) is 16.9 Å². The number of sulfonamides is 1. The lowest BCUT2D eigenvalue weighted by Gasteiger charge is -2.17. The van der Waals surface area contributed by atoms with Gasteiger partial charge in [0, 0.05) is 10.9 Å². The molecule has 0 aliphatic heterocycles. The van der Waals surface area contributed by atoms with Crippen LogP contribution in [0.15, 0.2) is 58.8 Å². The highest BCUT2D eigenvalue weighted by molar-refractivity contribution is 7.89. The summed E-state index contributed by atoms with van der Waals surface area (Å²) in [7, 11) is -4.09. The molecular weight excluding hydrogens is 519 g/mol. The van der Waals surface area contributed by atoms with Crippen molar-refractivity contribution in [2.45, 2.75) is 44.6 Å². The molecule has 0 aliphatic rings. The summed E-state index contributed by atoms with van der Waals surface area (Å²) >= 11 is 1.13. The summed E-state index contributed by atoms with van der Waals surface area (Å²) in [5, 5.41) is 4.65. The third-order valence-corrected chi connectivity index (χ3v) is 7.67. The van der Waals surface area contributed by atoms with Crippen molar-refractivity contribution < 1.29 is 31.9 Å². The Morgan fingerprint density at radius 2 is 1.70 bits per heavy atom. The van der Waals surface area contributed by atoms with Gasteiger partial charge in [0.25, 0.3) is 0 Å². The lowest BCUT2D eigenvalue weighted by Crippen LogP contribution is -2.43. The van der Waals surface area contributed by atoms with E-state index in [0.29, 0.717) is 17.9 Å². The summed E-state index contributed by atoms with van der Waals surface area (Å²) in [5.41, 5.74) is 1.48. The van der Waals surface area contributed by atoms with Gasteiger partial charge in [-0.1, -0.05) is 26.0 Å². The molecule has 3 rings (SSSR count). The lowest BCUT2D eigenvalue weighted by molar-refractivity contribution is -0.117. The summed E-state index contributed by atoms with van der Waals surface area (Å²) in [6.45, 7) is 6.06. The predicted octanol–water partition coefficient (Wildman–Crippen LogP) is 5.22. The Kier molecular flexibility index (Phi) is 9.79. The van der Waals surface area contributed by atoms with Crippen molar-refractivity contribution >= 4 is 38.2 Å². The summed E-state index contributed by atoms with van der Waals surface area (Å²) in [5.74, 6) is -1.13. The van der Waals surface area contributed by atoms with E-state index in [1.54, 1.807) is 31.4 Å². The Bertz CT molecular complexity index is 1320. The molecule has 0 aliphatic carbocycles. The Hall–Kier alpha value is -3.28. The van der Waals surface area contributed by atoms with Crippen LogP contribution in [0.5, 0.6) is 5.75 Å². The number of rotatable bonds is 12. The van der Waals surface area contributed by atoms with E-state index in [4.69, 9.17) is 9.47 Å². The van der Waals surface area contributed by atoms with Gasteiger partial charge in [-0.25, -0.2) is 17.6 Å². The van der Waals surface area contributed by atoms with E-state index in [1.165, 1.54) is 0 Å². The molecule has 0 saturated carbocycles. The topological polar surface area (TPSA) is 111 Å². The van der Waals surface area contributed by atoms with Crippen LogP contribution in [0.3, 0.4) is 0 Å². The van der Waals surface area contributed by atoms with Gasteiger partial charge in [-0.3, -0.25) is 4.79 Å². The summed E-state index contributed by atoms with van der Waals surface area (Å²) in [4.78, 5) is 25.8. The molecule has 1 aromatic heterocycles. The smallest absolute Gasteiger partial charge is 0.341 e. The van der Waals surface area contributed by atoms with Crippen molar-refractivity contribution in [1.82, 2.24) is 4.72 Å². The van der Waals surface area contributed by atoms with Crippen LogP contribution >= 0.6 is 11.3 Å². The Morgan fingerprint density at radius 1 is 1.03 bits per heavy atom. The van der Waals surface area contributed by atoms with Gasteiger partial charge in [-0.05, 0) is 61.7 Å². The quantitative estimate of drug-likeness (QED) is 0.301. The minimum absolute atomic E-state index is 0.137. The lowest BCUT2D eigenvalue weighted by atomic mass is 10.0. The first-order valence-corrected chi connectivity index (χ1v) is 14.2. The van der Waals surface area contributed by atoms with Crippen LogP contribution in [0.25, 0.3) is 11.1 Å². The third kappa shape index (κ3) is 7.15. The maximum atomic E-state index is 13.2. The van der Waals surface area contributed by atoms with E-state index in [-0.39, 0.29) is 28.5 Å². The SMILES string of the molecule is CCCOc1ccc(-c2csc(NC(=O)C(CC)NS(=O)(=O)c3ccc(F)cc3)c2C(=O)OCC)cc1. The molecule has 0 radical (unpaired) electrons. The van der Waals surface area contributed by atoms with E-state index in [2.05, 4.69) is 10.0 Å². The molecule has 2 aromatic carbocycles. The van der Waals surface area contributed by atoms with Gasteiger partial charge in [0.1, 0.15) is 28.2 Å². The molecular formula is C26H29FN2O6S2. The Balaban J connectivity index is 1.86. The largest absolute Gasteiger partial charge is 0.494 e. The van der Waals surface area contributed by atoms with Crippen molar-refractivity contribution in [1.29, 1.82) is 0 Å². The number of benzene rings is 2. The number of halogens is 1. The first kappa shape index (κ1) is 28.3. The molecule has 2 N–H and O–H groups in total. The molecule has 198 valence electrons. The zero-order chi connectivity index (χ0) is 27.0. The molecule has 37 heavy (non-hydrogen) atoms. The van der Waals surface area contributed by atoms with E-state index >= 15 is 0 Å². The minimum atomic E-state index is -4.09. The summed E-state index contributed by atoms with van der Waals surface area (Å²) in [6, 6.07) is 10.4. The maximum absolute atomic E-state index is 13.2. The molecule has 1 atom stereocenters. The number of thiophene rings is 1. The number of esters is 1. The van der Waals surface area contributed by atoms with Crippen LogP contribution < -0.4 is 14.8 Å². The van der Waals surface area contributed by atoms with E-state index in [9.17, 15) is 22.4 Å². The number of hydrogen-bond acceptors (Lipinski definition) is 7. The number of hydrogen-bond donors (Lipinski definition) is 2. The first-order chi connectivity index (χ1) is 17.7. The second-order valence-electron chi connectivity index (χ2n) is 7.97. The molecule has 0 fully saturated rings. The van der Waals surface area contributed by atoms with Crippen molar-refractivity contribution in [2.24, 2.45) is 0 Å². The number of amides is 1. The van der Waals surface area contributed by atoms with Crippen LogP contribution in [0.2, 0.25) is 0 Å². The summed E-state index contributed by atoms with van der Waals surface area (Å²) in [6.07, 6.45) is 1.01. The highest BCUT2D eigenvalue weighted by atomic mass is 32.2. The van der Waals surface area contributed by atoms with Gasteiger partial charge < -0.3 is 14.8 Å². The fourth-order valence-electron chi connectivity index (χ4n) is 3.41. The highest BCUT2D eigenvalue weighted by Gasteiger charge is 2.28. The fourth-order valence-corrected chi connectivity index (χ4v) is 5.65. The zero-order valence-corrected chi connectivity index (χ0v) is 22.4. The van der Waals surface area contributed by atoms with Gasteiger partial charge in [-0.15, -0.1) is 11.3 Å². The van der Waals surface area contributed by atoms with Crippen molar-refractivity contribution in [3.05, 3.63) is 65.3 Å². The number of carbonyl (C=O) groups excluding carboxylic acids is 2. The van der Waals surface area contributed by atoms with E-state index in [0.717, 1.165) is 47.6 Å². The number of nitrogens with one attached hydrogen (secondary N) is 2. The van der Waals surface area contributed by atoms with Crippen LogP contribution in [0.4, 0.5) is 9.39 Å². The molecule has 1 heterocycles. The molecule has 8 nitrogen and oxygen atoms in total. The standard InChI is InChI=1S/C26H29FN2O6S2/c1-4-15-35-19-11-7-17(8-12-19)21-16-36-25(23(21)26(31)34-6-3)28-24(30)22(5-2)29-37(32,33)20-13-9-18(27)10-14-20/h7-14,16,22,29H,4-6,15H2,1-3H3,(H,28,30). The average molecular weight is 549 g/mol. The van der Waals surface area contributed by atoms with Gasteiger partial charge in [0.05, 0.1) is 18.1 Å². The van der Waals surface area contributed by atoms with Gasteiger partial charge >= 0.3 is 5.97 Å². The van der Waals surface area contributed by atoms with E-state index < -0.39 is 33.8 Å². The first-order valence-electron chi connectivity index (χ1n) is 11.8. The predicted molar refractivity (Wildman–Crippen MR) is 141 cm³/mol. The highest BCUT2D eigenvalue weighted by Crippen LogP contribution is 2.37. The zero-order valence-electron chi connectivity index (χ0n) is 20.7. The van der Waals surface area contributed by atoms with Crippen LogP contribution in [0.1, 0.15) is 44.0 Å². The molecule has 3 aromatic rings. The van der Waals surface area contributed by atoms with E-state index in [1.807, 2.05) is 19.1 Å². The average Bonchev–Trinajstić information content (AvgIpc) is 3.30. The number of carbonyl (C=O) groups is 2. The molecule has 0 spiro atoms. The third-order valence-electron chi connectivity index (χ3n) is 5.29. The molecule has 0 saturated heterocycles. The number of ether oxygens (including phenoxy) is 2. The Labute approximate surface area is 219 Å². The van der Waals surface area contributed by atoms with Crippen LogP contribution in [0, 0.1) is 5.82 Å². The van der Waals surface area contributed by atoms with Crippen molar-refractivity contribution in [3.63, 3.8) is 0 Å². The second-order valence-corrected chi connectivity index (χ2v) is 10.6. The second kappa shape index (κ2) is 12.8. The minimum Gasteiger partial charge on any atom is -0.494 e. The van der Waals surface area contributed by atoms with Crippen LogP contribution in [-0.4, -0.2) is 39.5 Å². The van der Waals surface area contributed by atoms with Gasteiger partial charge in [-0.2, -0.15) is 4.72 Å². The number of anilines is 1. The normalized spacial score (nSPS) is 12.1. The molecule has 11 heteroatoms. The van der Waals surface area contributed by atoms with Gasteiger partial charge in [0.2, 0.25) is 15.9 Å². The maximum Gasteiger partial charge on any atom is 0.341 e. The molecule has 1 unspecified atom stereocenters. The summed E-state index contributed by atoms with van der Waals surface area (Å²) < 4.78 is 51.8. The van der Waals surface area contributed by atoms with Gasteiger partial charge in [0.15, 0.2) is 0 Å². The van der Waals surface area contributed by atoms with Crippen molar-refractivity contribution in [2.75, 3.05) is 18.5 Å².